The molecule has 2 heterocycles. The fraction of sp³-hybridized carbons (Fsp3) is 0.429. The Bertz CT molecular complexity index is 620. The van der Waals surface area contributed by atoms with Gasteiger partial charge in [-0.25, -0.2) is 8.78 Å². The van der Waals surface area contributed by atoms with Gasteiger partial charge in [-0.15, -0.1) is 0 Å². The van der Waals surface area contributed by atoms with E-state index in [2.05, 4.69) is 9.97 Å². The van der Waals surface area contributed by atoms with Crippen molar-refractivity contribution in [2.75, 3.05) is 13.1 Å². The zero-order valence-electron chi connectivity index (χ0n) is 10.8. The highest BCUT2D eigenvalue weighted by molar-refractivity contribution is 5.74. The molecular weight excluding hydrogens is 264 g/mol. The Kier molecular flexibility index (Phi) is 3.35. The van der Waals surface area contributed by atoms with E-state index in [1.54, 1.807) is 17.3 Å². The number of fused-ring (bicyclic) bond motifs is 1. The van der Waals surface area contributed by atoms with Crippen LogP contribution in [0.2, 0.25) is 0 Å². The predicted molar refractivity (Wildman–Crippen MR) is 70.4 cm³/mol. The van der Waals surface area contributed by atoms with E-state index in [0.29, 0.717) is 13.1 Å². The summed E-state index contributed by atoms with van der Waals surface area (Å²) in [7, 11) is 0. The number of aliphatic hydroxyl groups is 1. The fourth-order valence-corrected chi connectivity index (χ4v) is 2.50. The third kappa shape index (κ3) is 2.62. The molecule has 0 radical (unpaired) electrons. The van der Waals surface area contributed by atoms with Gasteiger partial charge in [-0.2, -0.15) is 0 Å². The molecule has 20 heavy (non-hydrogen) atoms. The smallest absolute Gasteiger partial charge is 0.285 e. The first-order chi connectivity index (χ1) is 9.54. The van der Waals surface area contributed by atoms with Crippen LogP contribution in [0.3, 0.4) is 0 Å². The van der Waals surface area contributed by atoms with Crippen molar-refractivity contribution >= 4 is 11.0 Å². The van der Waals surface area contributed by atoms with Crippen molar-refractivity contribution in [3.63, 3.8) is 0 Å². The van der Waals surface area contributed by atoms with Crippen LogP contribution in [0.4, 0.5) is 8.78 Å². The maximum Gasteiger partial charge on any atom is 0.285 e. The molecule has 1 N–H and O–H groups in total. The van der Waals surface area contributed by atoms with Crippen molar-refractivity contribution in [2.24, 2.45) is 0 Å². The van der Waals surface area contributed by atoms with Crippen LogP contribution in [0.1, 0.15) is 12.0 Å². The summed E-state index contributed by atoms with van der Waals surface area (Å²) < 4.78 is 27.0. The molecule has 0 bridgehead atoms. The number of alkyl halides is 2. The van der Waals surface area contributed by atoms with Crippen molar-refractivity contribution in [3.05, 3.63) is 36.2 Å². The first-order valence-corrected chi connectivity index (χ1v) is 6.52. The minimum Gasteiger partial charge on any atom is -0.387 e. The molecule has 1 aliphatic heterocycles. The normalized spacial score (nSPS) is 23.1. The topological polar surface area (TPSA) is 49.2 Å². The molecule has 1 aromatic carbocycles. The van der Waals surface area contributed by atoms with Gasteiger partial charge in [0.2, 0.25) is 0 Å². The third-order valence-corrected chi connectivity index (χ3v) is 3.58. The lowest BCUT2D eigenvalue weighted by Crippen LogP contribution is -2.51. The third-order valence-electron chi connectivity index (χ3n) is 3.58. The molecule has 1 atom stereocenters. The highest BCUT2D eigenvalue weighted by Gasteiger charge is 2.43. The zero-order chi connectivity index (χ0) is 14.2. The molecule has 2 aromatic rings. The van der Waals surface area contributed by atoms with Crippen LogP contribution in [-0.4, -0.2) is 45.1 Å². The van der Waals surface area contributed by atoms with Gasteiger partial charge < -0.3 is 5.11 Å². The quantitative estimate of drug-likeness (QED) is 0.911. The van der Waals surface area contributed by atoms with E-state index < -0.39 is 18.6 Å². The minimum atomic E-state index is -3.03. The van der Waals surface area contributed by atoms with Crippen LogP contribution in [0.5, 0.6) is 0 Å². The van der Waals surface area contributed by atoms with Crippen molar-refractivity contribution < 1.29 is 13.9 Å². The number of hydrogen-bond acceptors (Lipinski definition) is 4. The predicted octanol–water partition coefficient (Wildman–Crippen LogP) is 1.83. The summed E-state index contributed by atoms with van der Waals surface area (Å²) in [6, 6.07) is 5.58. The Morgan fingerprint density at radius 1 is 1.25 bits per heavy atom. The van der Waals surface area contributed by atoms with Gasteiger partial charge in [-0.1, -0.05) is 6.07 Å². The molecule has 1 aromatic heterocycles. The number of likely N-dealkylation sites (tertiary alicyclic amines) is 1. The lowest BCUT2D eigenvalue weighted by atomic mass is 10.0. The fourth-order valence-electron chi connectivity index (χ4n) is 2.50. The van der Waals surface area contributed by atoms with Gasteiger partial charge >= 0.3 is 0 Å². The zero-order valence-corrected chi connectivity index (χ0v) is 10.8. The maximum absolute atomic E-state index is 13.5. The summed E-state index contributed by atoms with van der Waals surface area (Å²) in [6.07, 6.45) is 1.80. The summed E-state index contributed by atoms with van der Waals surface area (Å²) >= 11 is 0. The number of aliphatic hydroxyl groups excluding tert-OH is 1. The van der Waals surface area contributed by atoms with Gasteiger partial charge in [0.05, 0.1) is 17.6 Å². The molecule has 106 valence electrons. The van der Waals surface area contributed by atoms with E-state index in [-0.39, 0.29) is 6.42 Å². The van der Waals surface area contributed by atoms with E-state index >= 15 is 0 Å². The van der Waals surface area contributed by atoms with Gasteiger partial charge in [0.15, 0.2) is 0 Å². The molecule has 0 saturated carbocycles. The van der Waals surface area contributed by atoms with Crippen molar-refractivity contribution in [2.45, 2.75) is 25.0 Å². The van der Waals surface area contributed by atoms with Gasteiger partial charge in [0.25, 0.3) is 5.92 Å². The number of nitrogens with zero attached hydrogens (tertiary/aromatic N) is 3. The number of halogens is 2. The lowest BCUT2D eigenvalue weighted by molar-refractivity contribution is -0.151. The minimum absolute atomic E-state index is 0.0976. The largest absolute Gasteiger partial charge is 0.387 e. The summed E-state index contributed by atoms with van der Waals surface area (Å²) in [5.41, 5.74) is 2.47. The van der Waals surface area contributed by atoms with Crippen LogP contribution in [0.25, 0.3) is 11.0 Å². The Morgan fingerprint density at radius 2 is 2.00 bits per heavy atom. The molecule has 1 fully saturated rings. The average Bonchev–Trinajstić information content (AvgIpc) is 2.42. The molecule has 3 rings (SSSR count). The van der Waals surface area contributed by atoms with Crippen molar-refractivity contribution in [1.82, 2.24) is 14.9 Å². The Morgan fingerprint density at radius 3 is 2.75 bits per heavy atom. The number of aromatic nitrogens is 2. The second kappa shape index (κ2) is 5.03. The second-order valence-corrected chi connectivity index (χ2v) is 5.16. The molecule has 0 amide bonds. The summed E-state index contributed by atoms with van der Waals surface area (Å²) in [5.74, 6) is -3.03. The Labute approximate surface area is 115 Å². The average molecular weight is 279 g/mol. The molecular formula is C14H15F2N3O. The van der Waals surface area contributed by atoms with E-state index in [0.717, 1.165) is 16.6 Å². The van der Waals surface area contributed by atoms with E-state index in [1.165, 1.54) is 0 Å². The molecule has 6 heteroatoms. The second-order valence-electron chi connectivity index (χ2n) is 5.16. The first kappa shape index (κ1) is 13.3. The monoisotopic (exact) mass is 279 g/mol. The molecule has 0 spiro atoms. The SMILES string of the molecule is OC1CCN(Cc2ccc3nccnc3c2)CC1(F)F. The van der Waals surface area contributed by atoms with Crippen molar-refractivity contribution in [3.8, 4) is 0 Å². The first-order valence-electron chi connectivity index (χ1n) is 6.52. The number of rotatable bonds is 2. The highest BCUT2D eigenvalue weighted by atomic mass is 19.3. The number of benzene rings is 1. The molecule has 4 nitrogen and oxygen atoms in total. The molecule has 1 saturated heterocycles. The summed E-state index contributed by atoms with van der Waals surface area (Å²) in [4.78, 5) is 10.0. The van der Waals surface area contributed by atoms with Gasteiger partial charge in [0, 0.05) is 25.5 Å². The maximum atomic E-state index is 13.5. The van der Waals surface area contributed by atoms with Gasteiger partial charge in [-0.3, -0.25) is 14.9 Å². The summed E-state index contributed by atoms with van der Waals surface area (Å²) in [5, 5.41) is 9.27. The van der Waals surface area contributed by atoms with Crippen LogP contribution in [-0.2, 0) is 6.54 Å². The summed E-state index contributed by atoms with van der Waals surface area (Å²) in [6.45, 7) is 0.483. The highest BCUT2D eigenvalue weighted by Crippen LogP contribution is 2.28. The van der Waals surface area contributed by atoms with Gasteiger partial charge in [-0.05, 0) is 24.1 Å². The van der Waals surface area contributed by atoms with E-state index in [4.69, 9.17) is 0 Å². The van der Waals surface area contributed by atoms with Crippen LogP contribution in [0, 0.1) is 0 Å². The lowest BCUT2D eigenvalue weighted by Gasteiger charge is -2.35. The number of hydrogen-bond donors (Lipinski definition) is 1. The van der Waals surface area contributed by atoms with E-state index in [1.807, 2.05) is 18.2 Å². The molecule has 1 aliphatic rings. The van der Waals surface area contributed by atoms with E-state index in [9.17, 15) is 13.9 Å². The van der Waals surface area contributed by atoms with Gasteiger partial charge in [0.1, 0.15) is 6.10 Å². The van der Waals surface area contributed by atoms with Crippen LogP contribution >= 0.6 is 0 Å². The molecule has 0 aliphatic carbocycles. The van der Waals surface area contributed by atoms with Crippen molar-refractivity contribution in [1.29, 1.82) is 0 Å². The Balaban J connectivity index is 1.76. The Hall–Kier alpha value is -1.66. The van der Waals surface area contributed by atoms with Crippen LogP contribution in [0.15, 0.2) is 30.6 Å². The number of piperidine rings is 1. The van der Waals surface area contributed by atoms with Crippen LogP contribution < -0.4 is 0 Å². The molecule has 1 unspecified atom stereocenters. The standard InChI is InChI=1S/C14H15F2N3O/c15-14(16)9-19(6-3-13(14)20)8-10-1-2-11-12(7-10)18-5-4-17-11/h1-2,4-5,7,13,20H,3,6,8-9H2.